The van der Waals surface area contributed by atoms with Crippen molar-refractivity contribution in [3.63, 3.8) is 0 Å². The quantitative estimate of drug-likeness (QED) is 0.719. The van der Waals surface area contributed by atoms with Crippen LogP contribution in [-0.2, 0) is 0 Å². The standard InChI is InChI=1S/C9H8Br2/c1-2-3-7-6-8(10)4-5-9(7)11/h2-6H,1H3. The summed E-state index contributed by atoms with van der Waals surface area (Å²) in [5.74, 6) is 0. The van der Waals surface area contributed by atoms with Gasteiger partial charge in [-0.25, -0.2) is 0 Å². The Hall–Kier alpha value is -0.0800. The maximum absolute atomic E-state index is 3.46. The molecular weight excluding hydrogens is 268 g/mol. The van der Waals surface area contributed by atoms with Crippen molar-refractivity contribution in [3.8, 4) is 0 Å². The molecule has 0 saturated heterocycles. The number of benzene rings is 1. The van der Waals surface area contributed by atoms with Crippen LogP contribution in [0.4, 0.5) is 0 Å². The molecule has 1 aromatic carbocycles. The predicted octanol–water partition coefficient (Wildman–Crippen LogP) is 4.24. The van der Waals surface area contributed by atoms with E-state index in [1.165, 1.54) is 5.56 Å². The zero-order valence-electron chi connectivity index (χ0n) is 6.14. The minimum absolute atomic E-state index is 1.11. The maximum Gasteiger partial charge on any atom is 0.0248 e. The van der Waals surface area contributed by atoms with Crippen molar-refractivity contribution >= 4 is 37.9 Å². The smallest absolute Gasteiger partial charge is 0.0248 e. The van der Waals surface area contributed by atoms with Gasteiger partial charge in [-0.15, -0.1) is 0 Å². The van der Waals surface area contributed by atoms with Gasteiger partial charge in [-0.1, -0.05) is 44.0 Å². The monoisotopic (exact) mass is 274 g/mol. The van der Waals surface area contributed by atoms with Gasteiger partial charge in [-0.05, 0) is 30.7 Å². The second kappa shape index (κ2) is 4.07. The first-order valence-electron chi connectivity index (χ1n) is 3.32. The minimum atomic E-state index is 1.11. The van der Waals surface area contributed by atoms with E-state index in [1.54, 1.807) is 0 Å². The Morgan fingerprint density at radius 1 is 1.27 bits per heavy atom. The fraction of sp³-hybridized carbons (Fsp3) is 0.111. The fourth-order valence-corrected chi connectivity index (χ4v) is 1.58. The molecule has 0 radical (unpaired) electrons. The van der Waals surface area contributed by atoms with Crippen LogP contribution in [0.2, 0.25) is 0 Å². The molecule has 58 valence electrons. The molecule has 0 N–H and O–H groups in total. The highest BCUT2D eigenvalue weighted by Gasteiger charge is 1.94. The third-order valence-electron chi connectivity index (χ3n) is 1.30. The lowest BCUT2D eigenvalue weighted by Crippen LogP contribution is -1.74. The average molecular weight is 276 g/mol. The van der Waals surface area contributed by atoms with E-state index in [2.05, 4.69) is 44.0 Å². The summed E-state index contributed by atoms with van der Waals surface area (Å²) in [4.78, 5) is 0. The van der Waals surface area contributed by atoms with E-state index in [0.29, 0.717) is 0 Å². The number of rotatable bonds is 1. The zero-order valence-corrected chi connectivity index (χ0v) is 9.31. The van der Waals surface area contributed by atoms with Gasteiger partial charge in [0.2, 0.25) is 0 Å². The van der Waals surface area contributed by atoms with Gasteiger partial charge in [-0.2, -0.15) is 0 Å². The predicted molar refractivity (Wildman–Crippen MR) is 56.6 cm³/mol. The molecule has 0 heterocycles. The SMILES string of the molecule is CC=Cc1cc(Br)ccc1Br. The van der Waals surface area contributed by atoms with Crippen LogP contribution >= 0.6 is 31.9 Å². The van der Waals surface area contributed by atoms with Crippen LogP contribution in [0.5, 0.6) is 0 Å². The highest BCUT2D eigenvalue weighted by Crippen LogP contribution is 2.22. The van der Waals surface area contributed by atoms with Crippen LogP contribution in [0.3, 0.4) is 0 Å². The first kappa shape index (κ1) is 9.01. The molecule has 0 atom stereocenters. The zero-order chi connectivity index (χ0) is 8.27. The molecule has 1 aromatic rings. The molecule has 0 amide bonds. The summed E-state index contributed by atoms with van der Waals surface area (Å²) in [6, 6.07) is 6.11. The summed E-state index contributed by atoms with van der Waals surface area (Å²) in [5.41, 5.74) is 1.20. The Morgan fingerprint density at radius 3 is 2.64 bits per heavy atom. The Balaban J connectivity index is 3.12. The summed E-state index contributed by atoms with van der Waals surface area (Å²) in [6.07, 6.45) is 4.08. The summed E-state index contributed by atoms with van der Waals surface area (Å²) in [7, 11) is 0. The third-order valence-corrected chi connectivity index (χ3v) is 2.52. The van der Waals surface area contributed by atoms with E-state index in [1.807, 2.05) is 25.1 Å². The van der Waals surface area contributed by atoms with E-state index >= 15 is 0 Å². The van der Waals surface area contributed by atoms with Crippen molar-refractivity contribution in [1.82, 2.24) is 0 Å². The molecule has 0 aliphatic rings. The molecule has 0 spiro atoms. The highest BCUT2D eigenvalue weighted by molar-refractivity contribution is 9.11. The second-order valence-corrected chi connectivity index (χ2v) is 3.94. The van der Waals surface area contributed by atoms with Crippen LogP contribution in [0, 0.1) is 0 Å². The Labute approximate surface area is 83.6 Å². The average Bonchev–Trinajstić information content (AvgIpc) is 1.98. The van der Waals surface area contributed by atoms with Crippen LogP contribution < -0.4 is 0 Å². The van der Waals surface area contributed by atoms with Crippen molar-refractivity contribution < 1.29 is 0 Å². The maximum atomic E-state index is 3.46. The number of hydrogen-bond acceptors (Lipinski definition) is 0. The van der Waals surface area contributed by atoms with Crippen LogP contribution in [0.15, 0.2) is 33.2 Å². The van der Waals surface area contributed by atoms with E-state index in [0.717, 1.165) is 8.95 Å². The molecule has 0 nitrogen and oxygen atoms in total. The lowest BCUT2D eigenvalue weighted by Gasteiger charge is -1.97. The number of hydrogen-bond donors (Lipinski definition) is 0. The largest absolute Gasteiger partial charge is 0.0870 e. The van der Waals surface area contributed by atoms with E-state index < -0.39 is 0 Å². The lowest BCUT2D eigenvalue weighted by molar-refractivity contribution is 1.55. The third kappa shape index (κ3) is 2.46. The first-order chi connectivity index (χ1) is 5.24. The fourth-order valence-electron chi connectivity index (χ4n) is 0.822. The summed E-state index contributed by atoms with van der Waals surface area (Å²) >= 11 is 6.87. The highest BCUT2D eigenvalue weighted by atomic mass is 79.9. The topological polar surface area (TPSA) is 0 Å². The molecule has 0 aromatic heterocycles. The van der Waals surface area contributed by atoms with Gasteiger partial charge in [0.05, 0.1) is 0 Å². The minimum Gasteiger partial charge on any atom is -0.0870 e. The molecule has 0 fully saturated rings. The molecule has 0 bridgehead atoms. The Kier molecular flexibility index (Phi) is 3.34. The van der Waals surface area contributed by atoms with E-state index in [4.69, 9.17) is 0 Å². The van der Waals surface area contributed by atoms with Gasteiger partial charge >= 0.3 is 0 Å². The molecule has 0 saturated carbocycles. The molecule has 2 heteroatoms. The first-order valence-corrected chi connectivity index (χ1v) is 4.90. The van der Waals surface area contributed by atoms with E-state index in [-0.39, 0.29) is 0 Å². The molecule has 1 rings (SSSR count). The molecule has 0 unspecified atom stereocenters. The van der Waals surface area contributed by atoms with Gasteiger partial charge in [0.25, 0.3) is 0 Å². The molecule has 11 heavy (non-hydrogen) atoms. The van der Waals surface area contributed by atoms with Gasteiger partial charge in [-0.3, -0.25) is 0 Å². The molecule has 0 aliphatic carbocycles. The van der Waals surface area contributed by atoms with Crippen molar-refractivity contribution in [1.29, 1.82) is 0 Å². The van der Waals surface area contributed by atoms with Crippen molar-refractivity contribution in [2.24, 2.45) is 0 Å². The van der Waals surface area contributed by atoms with E-state index in [9.17, 15) is 0 Å². The van der Waals surface area contributed by atoms with Crippen LogP contribution in [0.1, 0.15) is 12.5 Å². The Bertz CT molecular complexity index is 277. The number of allylic oxidation sites excluding steroid dienone is 1. The van der Waals surface area contributed by atoms with Crippen molar-refractivity contribution in [2.45, 2.75) is 6.92 Å². The van der Waals surface area contributed by atoms with Gasteiger partial charge in [0, 0.05) is 8.95 Å². The van der Waals surface area contributed by atoms with Crippen molar-refractivity contribution in [3.05, 3.63) is 38.8 Å². The summed E-state index contributed by atoms with van der Waals surface area (Å²) in [5, 5.41) is 0. The summed E-state index contributed by atoms with van der Waals surface area (Å²) < 4.78 is 2.23. The second-order valence-electron chi connectivity index (χ2n) is 2.17. The van der Waals surface area contributed by atoms with Crippen molar-refractivity contribution in [2.75, 3.05) is 0 Å². The summed E-state index contributed by atoms with van der Waals surface area (Å²) in [6.45, 7) is 2.01. The van der Waals surface area contributed by atoms with Crippen LogP contribution in [-0.4, -0.2) is 0 Å². The van der Waals surface area contributed by atoms with Crippen LogP contribution in [0.25, 0.3) is 6.08 Å². The number of halogens is 2. The molecular formula is C9H8Br2. The van der Waals surface area contributed by atoms with Gasteiger partial charge < -0.3 is 0 Å². The normalized spacial score (nSPS) is 10.8. The molecule has 0 aliphatic heterocycles. The van der Waals surface area contributed by atoms with Gasteiger partial charge in [0.1, 0.15) is 0 Å². The lowest BCUT2D eigenvalue weighted by atomic mass is 10.2. The van der Waals surface area contributed by atoms with Gasteiger partial charge in [0.15, 0.2) is 0 Å². The Morgan fingerprint density at radius 2 is 2.00 bits per heavy atom.